The van der Waals surface area contributed by atoms with Crippen LogP contribution in [0.15, 0.2) is 42.6 Å². The number of aromatic nitrogens is 1. The Morgan fingerprint density at radius 3 is 2.80 bits per heavy atom. The third-order valence-electron chi connectivity index (χ3n) is 6.13. The second kappa shape index (κ2) is 8.23. The maximum Gasteiger partial charge on any atom is 0.226 e. The van der Waals surface area contributed by atoms with E-state index < -0.39 is 0 Å². The summed E-state index contributed by atoms with van der Waals surface area (Å²) in [6.45, 7) is 2.75. The molecule has 3 heterocycles. The molecule has 2 aliphatic heterocycles. The summed E-state index contributed by atoms with van der Waals surface area (Å²) in [6.07, 6.45) is 5.25. The quantitative estimate of drug-likeness (QED) is 0.648. The number of likely N-dealkylation sites (tertiary alicyclic amines) is 1. The van der Waals surface area contributed by atoms with Gasteiger partial charge >= 0.3 is 0 Å². The van der Waals surface area contributed by atoms with Gasteiger partial charge < -0.3 is 19.4 Å². The molecule has 5 rings (SSSR count). The van der Waals surface area contributed by atoms with Gasteiger partial charge in [0.05, 0.1) is 24.7 Å². The monoisotopic (exact) mass is 424 g/mol. The first kappa shape index (κ1) is 19.3. The second-order valence-electron chi connectivity index (χ2n) is 8.08. The van der Waals surface area contributed by atoms with Crippen LogP contribution < -0.4 is 9.47 Å². The van der Waals surface area contributed by atoms with E-state index in [9.17, 15) is 4.79 Å². The lowest BCUT2D eigenvalue weighted by Gasteiger charge is -2.32. The number of hydrogen-bond acceptors (Lipinski definition) is 3. The summed E-state index contributed by atoms with van der Waals surface area (Å²) < 4.78 is 11.4. The minimum absolute atomic E-state index is 0.137. The molecule has 2 aliphatic rings. The van der Waals surface area contributed by atoms with Crippen LogP contribution in [0.2, 0.25) is 5.02 Å². The van der Waals surface area contributed by atoms with E-state index in [1.165, 1.54) is 16.5 Å². The Bertz CT molecular complexity index is 1070. The van der Waals surface area contributed by atoms with Crippen molar-refractivity contribution in [3.05, 3.63) is 58.7 Å². The molecule has 1 saturated heterocycles. The number of H-pyrrole nitrogens is 1. The van der Waals surface area contributed by atoms with Crippen LogP contribution in [0.25, 0.3) is 10.9 Å². The van der Waals surface area contributed by atoms with E-state index in [2.05, 4.69) is 35.4 Å². The number of carbonyl (C=O) groups is 1. The lowest BCUT2D eigenvalue weighted by Crippen LogP contribution is -2.38. The summed E-state index contributed by atoms with van der Waals surface area (Å²) in [6, 6.07) is 12.1. The standard InChI is InChI=1S/C24H25ClN2O3/c25-20-12-16(13-22-24(20)30-11-3-10-29-22)14-23(28)27-8-6-17(7-9-27)19-15-26-21-5-2-1-4-18(19)21/h1-2,4-5,12-13,15,17,26H,3,6-11,14H2. The molecule has 0 saturated carbocycles. The SMILES string of the molecule is O=C(Cc1cc(Cl)c2c(c1)OCCCO2)N1CCC(c2c[nH]c3ccccc23)CC1. The first-order valence-corrected chi connectivity index (χ1v) is 11.0. The van der Waals surface area contributed by atoms with Gasteiger partial charge in [-0.3, -0.25) is 4.79 Å². The van der Waals surface area contributed by atoms with Gasteiger partial charge in [-0.05, 0) is 48.1 Å². The van der Waals surface area contributed by atoms with Crippen molar-refractivity contribution in [1.29, 1.82) is 0 Å². The molecule has 2 aromatic carbocycles. The zero-order valence-corrected chi connectivity index (χ0v) is 17.6. The Morgan fingerprint density at radius 1 is 1.13 bits per heavy atom. The highest BCUT2D eigenvalue weighted by Gasteiger charge is 2.26. The summed E-state index contributed by atoms with van der Waals surface area (Å²) in [5, 5.41) is 1.80. The Morgan fingerprint density at radius 2 is 1.93 bits per heavy atom. The number of rotatable bonds is 3. The van der Waals surface area contributed by atoms with E-state index in [0.717, 1.165) is 37.9 Å². The number of aromatic amines is 1. The molecule has 1 amide bonds. The van der Waals surface area contributed by atoms with Gasteiger partial charge in [-0.15, -0.1) is 0 Å². The van der Waals surface area contributed by atoms with Crippen molar-refractivity contribution >= 4 is 28.4 Å². The maximum atomic E-state index is 12.9. The summed E-state index contributed by atoms with van der Waals surface area (Å²) in [5.74, 6) is 1.85. The molecular formula is C24H25ClN2O3. The van der Waals surface area contributed by atoms with Crippen molar-refractivity contribution in [2.75, 3.05) is 26.3 Å². The fraction of sp³-hybridized carbons (Fsp3) is 0.375. The van der Waals surface area contributed by atoms with Crippen LogP contribution in [-0.4, -0.2) is 42.1 Å². The Labute approximate surface area is 180 Å². The highest BCUT2D eigenvalue weighted by Crippen LogP contribution is 2.38. The summed E-state index contributed by atoms with van der Waals surface area (Å²) in [7, 11) is 0. The number of benzene rings is 2. The Balaban J connectivity index is 1.24. The van der Waals surface area contributed by atoms with Crippen molar-refractivity contribution in [2.45, 2.75) is 31.6 Å². The summed E-state index contributed by atoms with van der Waals surface area (Å²) >= 11 is 6.38. The number of nitrogens with zero attached hydrogens (tertiary/aromatic N) is 1. The van der Waals surface area contributed by atoms with Gasteiger partial charge in [0.15, 0.2) is 11.5 Å². The van der Waals surface area contributed by atoms with E-state index in [1.54, 1.807) is 0 Å². The molecule has 0 bridgehead atoms. The number of amides is 1. The van der Waals surface area contributed by atoms with Gasteiger partial charge in [0.1, 0.15) is 0 Å². The molecule has 5 nitrogen and oxygen atoms in total. The molecule has 1 N–H and O–H groups in total. The van der Waals surface area contributed by atoms with Crippen LogP contribution in [0.1, 0.15) is 36.3 Å². The Kier molecular flexibility index (Phi) is 5.30. The van der Waals surface area contributed by atoms with Crippen molar-refractivity contribution in [3.63, 3.8) is 0 Å². The topological polar surface area (TPSA) is 54.6 Å². The van der Waals surface area contributed by atoms with E-state index in [4.69, 9.17) is 21.1 Å². The third kappa shape index (κ3) is 3.74. The largest absolute Gasteiger partial charge is 0.489 e. The summed E-state index contributed by atoms with van der Waals surface area (Å²) in [5.41, 5.74) is 3.41. The van der Waals surface area contributed by atoms with E-state index in [1.807, 2.05) is 17.0 Å². The number of nitrogens with one attached hydrogen (secondary N) is 1. The maximum absolute atomic E-state index is 12.9. The Hall–Kier alpha value is -2.66. The number of hydrogen-bond donors (Lipinski definition) is 1. The third-order valence-corrected chi connectivity index (χ3v) is 6.41. The van der Waals surface area contributed by atoms with Crippen LogP contribution in [0, 0.1) is 0 Å². The molecule has 156 valence electrons. The molecule has 1 aromatic heterocycles. The average Bonchev–Trinajstić information content (AvgIpc) is 3.04. The van der Waals surface area contributed by atoms with E-state index in [0.29, 0.717) is 42.1 Å². The van der Waals surface area contributed by atoms with E-state index in [-0.39, 0.29) is 5.91 Å². The molecule has 6 heteroatoms. The molecule has 30 heavy (non-hydrogen) atoms. The van der Waals surface area contributed by atoms with Crippen molar-refractivity contribution in [2.24, 2.45) is 0 Å². The smallest absolute Gasteiger partial charge is 0.226 e. The summed E-state index contributed by atoms with van der Waals surface area (Å²) in [4.78, 5) is 18.3. The van der Waals surface area contributed by atoms with Crippen LogP contribution in [0.4, 0.5) is 0 Å². The minimum Gasteiger partial charge on any atom is -0.489 e. The molecule has 0 unspecified atom stereocenters. The van der Waals surface area contributed by atoms with Gasteiger partial charge in [0.2, 0.25) is 5.91 Å². The predicted octanol–water partition coefficient (Wildman–Crippen LogP) is 4.93. The zero-order chi connectivity index (χ0) is 20.5. The zero-order valence-electron chi connectivity index (χ0n) is 16.8. The highest BCUT2D eigenvalue weighted by molar-refractivity contribution is 6.32. The number of ether oxygens (including phenoxy) is 2. The average molecular weight is 425 g/mol. The van der Waals surface area contributed by atoms with Gasteiger partial charge in [-0.1, -0.05) is 29.8 Å². The molecule has 1 fully saturated rings. The minimum atomic E-state index is 0.137. The van der Waals surface area contributed by atoms with Crippen LogP contribution >= 0.6 is 11.6 Å². The number of para-hydroxylation sites is 1. The number of halogens is 1. The molecule has 0 spiro atoms. The number of carbonyl (C=O) groups excluding carboxylic acids is 1. The fourth-order valence-electron chi connectivity index (χ4n) is 4.54. The predicted molar refractivity (Wildman–Crippen MR) is 118 cm³/mol. The van der Waals surface area contributed by atoms with Gasteiger partial charge in [-0.25, -0.2) is 0 Å². The van der Waals surface area contributed by atoms with Crippen molar-refractivity contribution in [3.8, 4) is 11.5 Å². The van der Waals surface area contributed by atoms with Gasteiger partial charge in [-0.2, -0.15) is 0 Å². The lowest BCUT2D eigenvalue weighted by molar-refractivity contribution is -0.131. The van der Waals surface area contributed by atoms with Crippen molar-refractivity contribution < 1.29 is 14.3 Å². The molecular weight excluding hydrogens is 400 g/mol. The molecule has 0 radical (unpaired) electrons. The first-order chi connectivity index (χ1) is 14.7. The van der Waals surface area contributed by atoms with Gasteiger partial charge in [0, 0.05) is 36.6 Å². The lowest BCUT2D eigenvalue weighted by atomic mass is 9.89. The van der Waals surface area contributed by atoms with E-state index >= 15 is 0 Å². The normalized spacial score (nSPS) is 17.2. The number of piperidine rings is 1. The fourth-order valence-corrected chi connectivity index (χ4v) is 4.83. The number of fused-ring (bicyclic) bond motifs is 2. The molecule has 3 aromatic rings. The highest BCUT2D eigenvalue weighted by atomic mass is 35.5. The van der Waals surface area contributed by atoms with Gasteiger partial charge in [0.25, 0.3) is 0 Å². The first-order valence-electron chi connectivity index (χ1n) is 10.6. The van der Waals surface area contributed by atoms with Crippen LogP contribution in [0.5, 0.6) is 11.5 Å². The van der Waals surface area contributed by atoms with Crippen LogP contribution in [0.3, 0.4) is 0 Å². The van der Waals surface area contributed by atoms with Crippen LogP contribution in [-0.2, 0) is 11.2 Å². The molecule has 0 atom stereocenters. The second-order valence-corrected chi connectivity index (χ2v) is 8.48. The van der Waals surface area contributed by atoms with Crippen molar-refractivity contribution in [1.82, 2.24) is 9.88 Å². The molecule has 0 aliphatic carbocycles.